The van der Waals surface area contributed by atoms with Crippen LogP contribution >= 0.6 is 0 Å². The molecule has 2 aliphatic heterocycles. The van der Waals surface area contributed by atoms with Crippen molar-refractivity contribution in [3.63, 3.8) is 0 Å². The lowest BCUT2D eigenvalue weighted by atomic mass is 10.2. The second-order valence-corrected chi connectivity index (χ2v) is 6.96. The average Bonchev–Trinajstić information content (AvgIpc) is 3.29. The zero-order valence-electron chi connectivity index (χ0n) is 15.8. The van der Waals surface area contributed by atoms with E-state index in [2.05, 4.69) is 30.1 Å². The van der Waals surface area contributed by atoms with E-state index in [9.17, 15) is 4.79 Å². The highest BCUT2D eigenvalue weighted by atomic mass is 16.5. The number of amides is 1. The maximum absolute atomic E-state index is 12.3. The first kappa shape index (κ1) is 18.6. The second kappa shape index (κ2) is 8.53. The van der Waals surface area contributed by atoms with Crippen LogP contribution in [-0.2, 0) is 0 Å². The minimum Gasteiger partial charge on any atom is -0.395 e. The monoisotopic (exact) mass is 387 g/mol. The average molecular weight is 387 g/mol. The number of aromatic nitrogens is 3. The van der Waals surface area contributed by atoms with E-state index in [1.807, 2.05) is 12.1 Å². The van der Waals surface area contributed by atoms with Crippen molar-refractivity contribution in [2.75, 3.05) is 75.3 Å². The summed E-state index contributed by atoms with van der Waals surface area (Å²) in [4.78, 5) is 20.7. The van der Waals surface area contributed by atoms with Crippen molar-refractivity contribution in [2.24, 2.45) is 0 Å². The lowest BCUT2D eigenvalue weighted by molar-refractivity contribution is 0.0704. The summed E-state index contributed by atoms with van der Waals surface area (Å²) in [6.45, 7) is 7.16. The standard InChI is InChI=1S/C18H25N7O3/c26-14-13-22-5-7-23(8-6-22)16-1-2-17(21-20-16)24-9-11-25(12-10-24)18(27)15-3-4-19-28-15/h1-4,26H,5-14H2. The van der Waals surface area contributed by atoms with E-state index in [1.54, 1.807) is 11.0 Å². The number of piperazine rings is 2. The molecule has 2 aliphatic rings. The Hall–Kier alpha value is -2.72. The van der Waals surface area contributed by atoms with Gasteiger partial charge in [-0.25, -0.2) is 0 Å². The number of hydrogen-bond acceptors (Lipinski definition) is 9. The zero-order chi connectivity index (χ0) is 19.3. The van der Waals surface area contributed by atoms with Gasteiger partial charge in [0.2, 0.25) is 5.76 Å². The van der Waals surface area contributed by atoms with Crippen molar-refractivity contribution >= 4 is 17.5 Å². The molecule has 150 valence electrons. The Kier molecular flexibility index (Phi) is 5.68. The molecule has 28 heavy (non-hydrogen) atoms. The number of nitrogens with zero attached hydrogens (tertiary/aromatic N) is 7. The number of carbonyl (C=O) groups is 1. The number of anilines is 2. The quantitative estimate of drug-likeness (QED) is 0.730. The zero-order valence-corrected chi connectivity index (χ0v) is 15.8. The number of carbonyl (C=O) groups excluding carboxylic acids is 1. The fraction of sp³-hybridized carbons (Fsp3) is 0.556. The second-order valence-electron chi connectivity index (χ2n) is 6.96. The third-order valence-electron chi connectivity index (χ3n) is 5.29. The lowest BCUT2D eigenvalue weighted by Gasteiger charge is -2.36. The van der Waals surface area contributed by atoms with E-state index in [-0.39, 0.29) is 18.3 Å². The molecule has 2 aromatic rings. The summed E-state index contributed by atoms with van der Waals surface area (Å²) < 4.78 is 4.95. The van der Waals surface area contributed by atoms with Gasteiger partial charge in [0, 0.05) is 65.0 Å². The molecule has 0 spiro atoms. The summed E-state index contributed by atoms with van der Waals surface area (Å²) in [6, 6.07) is 5.59. The Bertz CT molecular complexity index is 752. The Morgan fingerprint density at radius 1 is 0.929 bits per heavy atom. The molecule has 0 atom stereocenters. The molecule has 2 aromatic heterocycles. The van der Waals surface area contributed by atoms with Crippen LogP contribution in [-0.4, -0.2) is 102 Å². The lowest BCUT2D eigenvalue weighted by Crippen LogP contribution is -2.49. The summed E-state index contributed by atoms with van der Waals surface area (Å²) in [5, 5.41) is 21.4. The third-order valence-corrected chi connectivity index (χ3v) is 5.29. The summed E-state index contributed by atoms with van der Waals surface area (Å²) in [7, 11) is 0. The molecule has 0 saturated carbocycles. The van der Waals surface area contributed by atoms with Gasteiger partial charge in [-0.1, -0.05) is 5.16 Å². The van der Waals surface area contributed by atoms with E-state index in [4.69, 9.17) is 9.63 Å². The molecule has 10 nitrogen and oxygen atoms in total. The van der Waals surface area contributed by atoms with Crippen molar-refractivity contribution in [1.82, 2.24) is 25.2 Å². The van der Waals surface area contributed by atoms with Crippen LogP contribution in [0.3, 0.4) is 0 Å². The Morgan fingerprint density at radius 2 is 1.54 bits per heavy atom. The molecule has 4 rings (SSSR count). The number of β-amino-alcohol motifs (C(OH)–C–C–N with tert-alkyl or cyclic N) is 1. The van der Waals surface area contributed by atoms with Crippen LogP contribution < -0.4 is 9.80 Å². The molecule has 0 bridgehead atoms. The summed E-state index contributed by atoms with van der Waals surface area (Å²) in [6.07, 6.45) is 1.48. The van der Waals surface area contributed by atoms with Crippen LogP contribution in [0, 0.1) is 0 Å². The van der Waals surface area contributed by atoms with Gasteiger partial charge in [0.1, 0.15) is 0 Å². The van der Waals surface area contributed by atoms with Crippen LogP contribution in [0.4, 0.5) is 11.6 Å². The molecule has 0 aromatic carbocycles. The van der Waals surface area contributed by atoms with E-state index < -0.39 is 0 Å². The summed E-state index contributed by atoms with van der Waals surface area (Å²) >= 11 is 0. The summed E-state index contributed by atoms with van der Waals surface area (Å²) in [5.74, 6) is 1.86. The number of aliphatic hydroxyl groups is 1. The van der Waals surface area contributed by atoms with Gasteiger partial charge in [0.15, 0.2) is 11.6 Å². The number of aliphatic hydroxyl groups excluding tert-OH is 1. The highest BCUT2D eigenvalue weighted by Crippen LogP contribution is 2.18. The third kappa shape index (κ3) is 4.07. The van der Waals surface area contributed by atoms with Gasteiger partial charge in [-0.2, -0.15) is 0 Å². The van der Waals surface area contributed by atoms with Gasteiger partial charge in [0.25, 0.3) is 5.91 Å². The van der Waals surface area contributed by atoms with Crippen LogP contribution in [0.15, 0.2) is 28.9 Å². The van der Waals surface area contributed by atoms with Crippen LogP contribution in [0.2, 0.25) is 0 Å². The first-order valence-corrected chi connectivity index (χ1v) is 9.61. The molecule has 4 heterocycles. The van der Waals surface area contributed by atoms with Gasteiger partial charge < -0.3 is 24.3 Å². The molecule has 0 unspecified atom stereocenters. The van der Waals surface area contributed by atoms with Crippen LogP contribution in [0.25, 0.3) is 0 Å². The number of hydrogen-bond donors (Lipinski definition) is 1. The molecule has 0 radical (unpaired) electrons. The first-order valence-electron chi connectivity index (χ1n) is 9.61. The van der Waals surface area contributed by atoms with E-state index in [1.165, 1.54) is 6.20 Å². The van der Waals surface area contributed by atoms with Crippen molar-refractivity contribution in [3.05, 3.63) is 30.2 Å². The Labute approximate surface area is 163 Å². The van der Waals surface area contributed by atoms with Crippen LogP contribution in [0.5, 0.6) is 0 Å². The maximum atomic E-state index is 12.3. The molecule has 0 aliphatic carbocycles. The molecule has 2 fully saturated rings. The molecular formula is C18H25N7O3. The minimum atomic E-state index is -0.126. The Balaban J connectivity index is 1.30. The molecule has 2 saturated heterocycles. The van der Waals surface area contributed by atoms with E-state index in [0.717, 1.165) is 44.4 Å². The van der Waals surface area contributed by atoms with Crippen LogP contribution in [0.1, 0.15) is 10.6 Å². The number of rotatable bonds is 5. The molecule has 1 amide bonds. The topological polar surface area (TPSA) is 102 Å². The summed E-state index contributed by atoms with van der Waals surface area (Å²) in [5.41, 5.74) is 0. The first-order chi connectivity index (χ1) is 13.7. The largest absolute Gasteiger partial charge is 0.395 e. The predicted molar refractivity (Wildman–Crippen MR) is 102 cm³/mol. The van der Waals surface area contributed by atoms with Gasteiger partial charge in [-0.05, 0) is 12.1 Å². The van der Waals surface area contributed by atoms with Crippen molar-refractivity contribution in [1.29, 1.82) is 0 Å². The van der Waals surface area contributed by atoms with Crippen molar-refractivity contribution in [3.8, 4) is 0 Å². The van der Waals surface area contributed by atoms with Gasteiger partial charge >= 0.3 is 0 Å². The molecule has 1 N–H and O–H groups in total. The molecule has 10 heteroatoms. The van der Waals surface area contributed by atoms with Gasteiger partial charge in [-0.3, -0.25) is 9.69 Å². The smallest absolute Gasteiger partial charge is 0.292 e. The highest BCUT2D eigenvalue weighted by molar-refractivity contribution is 5.91. The molecular weight excluding hydrogens is 362 g/mol. The van der Waals surface area contributed by atoms with Crippen molar-refractivity contribution < 1.29 is 14.4 Å². The highest BCUT2D eigenvalue weighted by Gasteiger charge is 2.25. The fourth-order valence-corrected chi connectivity index (χ4v) is 3.62. The predicted octanol–water partition coefficient (Wildman–Crippen LogP) is -0.459. The van der Waals surface area contributed by atoms with E-state index in [0.29, 0.717) is 26.2 Å². The fourth-order valence-electron chi connectivity index (χ4n) is 3.62. The van der Waals surface area contributed by atoms with Crippen molar-refractivity contribution in [2.45, 2.75) is 0 Å². The van der Waals surface area contributed by atoms with E-state index >= 15 is 0 Å². The van der Waals surface area contributed by atoms with Gasteiger partial charge in [-0.15, -0.1) is 10.2 Å². The minimum absolute atomic E-state index is 0.126. The van der Waals surface area contributed by atoms with Gasteiger partial charge in [0.05, 0.1) is 12.8 Å². The Morgan fingerprint density at radius 3 is 2.04 bits per heavy atom. The maximum Gasteiger partial charge on any atom is 0.292 e. The SMILES string of the molecule is O=C(c1ccno1)N1CCN(c2ccc(N3CCN(CCO)CC3)nn2)CC1. The normalized spacial score (nSPS) is 18.5.